The second kappa shape index (κ2) is 12.8. The molecule has 0 aliphatic carbocycles. The molecule has 9 rings (SSSR count). The van der Waals surface area contributed by atoms with Gasteiger partial charge in [-0.3, -0.25) is 0 Å². The molecule has 0 bridgehead atoms. The minimum Gasteiger partial charge on any atom is -0.500 e. The zero-order chi connectivity index (χ0) is 31.0. The zero-order valence-corrected chi connectivity index (χ0v) is 27.5. The van der Waals surface area contributed by atoms with Crippen LogP contribution in [0.15, 0.2) is 143 Å². The summed E-state index contributed by atoms with van der Waals surface area (Å²) in [5, 5.41) is 3.78. The number of rotatable bonds is 3. The molecule has 0 fully saturated rings. The molecule has 0 N–H and O–H groups in total. The molecule has 0 amide bonds. The van der Waals surface area contributed by atoms with Crippen LogP contribution < -0.4 is 0 Å². The first-order valence-electron chi connectivity index (χ1n) is 14.9. The molecular formula is C41H25FIrN2O2-2. The van der Waals surface area contributed by atoms with Crippen LogP contribution in [0.2, 0.25) is 0 Å². The Hall–Kier alpha value is -5.42. The van der Waals surface area contributed by atoms with E-state index in [0.717, 1.165) is 49.6 Å². The number of fused-ring (bicyclic) bond motifs is 6. The average Bonchev–Trinajstić information content (AvgIpc) is 3.67. The number of hydrogen-bond donors (Lipinski definition) is 0. The van der Waals surface area contributed by atoms with Gasteiger partial charge in [0, 0.05) is 48.7 Å². The van der Waals surface area contributed by atoms with E-state index in [-0.39, 0.29) is 25.9 Å². The monoisotopic (exact) mass is 789 g/mol. The smallest absolute Gasteiger partial charge is 0.136 e. The van der Waals surface area contributed by atoms with Gasteiger partial charge < -0.3 is 18.8 Å². The first-order valence-corrected chi connectivity index (χ1v) is 14.9. The quantitative estimate of drug-likeness (QED) is 0.167. The van der Waals surface area contributed by atoms with Crippen molar-refractivity contribution in [1.29, 1.82) is 0 Å². The summed E-state index contributed by atoms with van der Waals surface area (Å²) in [5.41, 5.74) is 8.49. The number of hydrogen-bond acceptors (Lipinski definition) is 4. The van der Waals surface area contributed by atoms with Crippen molar-refractivity contribution in [3.05, 3.63) is 157 Å². The Morgan fingerprint density at radius 3 is 2.23 bits per heavy atom. The summed E-state index contributed by atoms with van der Waals surface area (Å²) in [4.78, 5) is 8.76. The van der Waals surface area contributed by atoms with Crippen molar-refractivity contribution in [2.75, 3.05) is 0 Å². The van der Waals surface area contributed by atoms with Crippen LogP contribution in [0.1, 0.15) is 5.56 Å². The molecule has 0 atom stereocenters. The molecule has 9 aromatic rings. The minimum absolute atomic E-state index is 0. The summed E-state index contributed by atoms with van der Waals surface area (Å²) >= 11 is 0. The van der Waals surface area contributed by atoms with E-state index in [4.69, 9.17) is 8.83 Å². The van der Waals surface area contributed by atoms with E-state index < -0.39 is 0 Å². The van der Waals surface area contributed by atoms with E-state index in [0.29, 0.717) is 27.9 Å². The van der Waals surface area contributed by atoms with E-state index in [1.807, 2.05) is 116 Å². The van der Waals surface area contributed by atoms with Crippen LogP contribution in [-0.4, -0.2) is 9.97 Å². The molecular weight excluding hydrogens is 764 g/mol. The van der Waals surface area contributed by atoms with Crippen LogP contribution >= 0.6 is 0 Å². The molecule has 4 heterocycles. The molecule has 1 radical (unpaired) electrons. The zero-order valence-electron chi connectivity index (χ0n) is 25.1. The standard InChI is InChI=1S/C29H15FNO2.C12H10N.Ir/c30-23-14-13-21-20-7-5-8-22(24-9-3-4-15-31-24)28(20)33-29(21)27(23)17-11-12-19-18-6-1-2-10-25(18)32-26(19)16-17;1-10-7-8-12(13-9-10)11-5-3-2-4-6-11;/h1-7,9-16H;2-5,7-9H,1H3;/q2*-1;. The Kier molecular flexibility index (Phi) is 8.21. The number of furan rings is 2. The Morgan fingerprint density at radius 2 is 1.43 bits per heavy atom. The minimum atomic E-state index is -0.347. The molecule has 0 aliphatic heterocycles. The Bertz CT molecular complexity index is 2490. The summed E-state index contributed by atoms with van der Waals surface area (Å²) in [6.07, 6.45) is 3.61. The van der Waals surface area contributed by atoms with Crippen molar-refractivity contribution in [1.82, 2.24) is 9.97 Å². The fraction of sp³-hybridized carbons (Fsp3) is 0.0244. The molecule has 4 aromatic heterocycles. The van der Waals surface area contributed by atoms with E-state index in [2.05, 4.69) is 28.2 Å². The predicted molar refractivity (Wildman–Crippen MR) is 182 cm³/mol. The van der Waals surface area contributed by atoms with Gasteiger partial charge in [0.25, 0.3) is 0 Å². The van der Waals surface area contributed by atoms with Crippen molar-refractivity contribution in [2.45, 2.75) is 6.92 Å². The van der Waals surface area contributed by atoms with Crippen LogP contribution in [0, 0.1) is 24.9 Å². The van der Waals surface area contributed by atoms with Gasteiger partial charge in [0.05, 0.1) is 11.1 Å². The van der Waals surface area contributed by atoms with Crippen LogP contribution in [0.5, 0.6) is 0 Å². The predicted octanol–water partition coefficient (Wildman–Crippen LogP) is 11.0. The maximum absolute atomic E-state index is 15.3. The van der Waals surface area contributed by atoms with Gasteiger partial charge in [-0.2, -0.15) is 0 Å². The van der Waals surface area contributed by atoms with E-state index in [9.17, 15) is 0 Å². The number of aromatic nitrogens is 2. The van der Waals surface area contributed by atoms with Crippen molar-refractivity contribution >= 4 is 43.9 Å². The molecule has 0 unspecified atom stereocenters. The van der Waals surface area contributed by atoms with Gasteiger partial charge in [0.1, 0.15) is 22.6 Å². The second-order valence-corrected chi connectivity index (χ2v) is 11.0. The number of benzene rings is 5. The molecule has 0 spiro atoms. The van der Waals surface area contributed by atoms with Gasteiger partial charge in [-0.15, -0.1) is 54.1 Å². The maximum Gasteiger partial charge on any atom is 0.136 e. The number of nitrogens with zero attached hydrogens (tertiary/aromatic N) is 2. The van der Waals surface area contributed by atoms with E-state index in [1.165, 1.54) is 11.6 Å². The summed E-state index contributed by atoms with van der Waals surface area (Å²) < 4.78 is 27.6. The summed E-state index contributed by atoms with van der Waals surface area (Å²) in [7, 11) is 0. The van der Waals surface area contributed by atoms with Gasteiger partial charge in [0.15, 0.2) is 0 Å². The van der Waals surface area contributed by atoms with Gasteiger partial charge in [-0.25, -0.2) is 4.39 Å². The number of pyridine rings is 2. The second-order valence-electron chi connectivity index (χ2n) is 11.0. The molecule has 6 heteroatoms. The van der Waals surface area contributed by atoms with Crippen LogP contribution in [0.25, 0.3) is 77.5 Å². The van der Waals surface area contributed by atoms with Crippen LogP contribution in [0.4, 0.5) is 4.39 Å². The van der Waals surface area contributed by atoms with E-state index >= 15 is 4.39 Å². The Balaban J connectivity index is 0.000000212. The normalized spacial score (nSPS) is 11.0. The molecule has 47 heavy (non-hydrogen) atoms. The first-order chi connectivity index (χ1) is 22.6. The van der Waals surface area contributed by atoms with Crippen LogP contribution in [0.3, 0.4) is 0 Å². The third kappa shape index (κ3) is 5.63. The third-order valence-electron chi connectivity index (χ3n) is 8.04. The fourth-order valence-corrected chi connectivity index (χ4v) is 5.81. The molecule has 0 saturated heterocycles. The summed E-state index contributed by atoms with van der Waals surface area (Å²) in [5.74, 6) is -0.347. The summed E-state index contributed by atoms with van der Waals surface area (Å²) in [6.45, 7) is 2.03. The van der Waals surface area contributed by atoms with Gasteiger partial charge >= 0.3 is 0 Å². The molecule has 0 saturated carbocycles. The maximum atomic E-state index is 15.3. The summed E-state index contributed by atoms with van der Waals surface area (Å²) in [6, 6.07) is 44.7. The molecule has 229 valence electrons. The number of para-hydroxylation sites is 1. The van der Waals surface area contributed by atoms with Gasteiger partial charge in [-0.1, -0.05) is 59.5 Å². The molecule has 5 aromatic carbocycles. The fourth-order valence-electron chi connectivity index (χ4n) is 5.81. The largest absolute Gasteiger partial charge is 0.500 e. The first kappa shape index (κ1) is 30.2. The SMILES string of the molecule is Cc1ccc(-c2[c-]cccc2)nc1.Fc1ccc2c(oc3c(-c4ccccn4)[c-]ccc32)c1-c1ccc2c(c1)oc1ccccc12.[Ir]. The Morgan fingerprint density at radius 1 is 0.617 bits per heavy atom. The van der Waals surface area contributed by atoms with Crippen molar-refractivity contribution < 1.29 is 33.3 Å². The number of aryl methyl sites for hydroxylation is 1. The van der Waals surface area contributed by atoms with Crippen molar-refractivity contribution in [2.24, 2.45) is 0 Å². The average molecular weight is 789 g/mol. The molecule has 0 aliphatic rings. The van der Waals surface area contributed by atoms with Crippen LogP contribution in [-0.2, 0) is 20.1 Å². The van der Waals surface area contributed by atoms with Crippen molar-refractivity contribution in [3.8, 4) is 33.6 Å². The third-order valence-corrected chi connectivity index (χ3v) is 8.04. The Labute approximate surface area is 283 Å². The number of halogens is 1. The van der Waals surface area contributed by atoms with Gasteiger partial charge in [-0.05, 0) is 65.8 Å². The topological polar surface area (TPSA) is 52.1 Å². The van der Waals surface area contributed by atoms with Gasteiger partial charge in [0.2, 0.25) is 0 Å². The van der Waals surface area contributed by atoms with Crippen molar-refractivity contribution in [3.63, 3.8) is 0 Å². The molecule has 4 nitrogen and oxygen atoms in total. The van der Waals surface area contributed by atoms with E-state index in [1.54, 1.807) is 12.3 Å².